The van der Waals surface area contributed by atoms with Crippen LogP contribution in [0.4, 0.5) is 14.6 Å². The van der Waals surface area contributed by atoms with E-state index in [1.165, 1.54) is 10.9 Å². The van der Waals surface area contributed by atoms with Crippen molar-refractivity contribution in [3.63, 3.8) is 0 Å². The molecule has 3 N–H and O–H groups in total. The molecule has 2 aromatic rings. The number of rotatable bonds is 4. The number of aryl methyl sites for hydroxylation is 1. The summed E-state index contributed by atoms with van der Waals surface area (Å²) in [5, 5.41) is 3.87. The van der Waals surface area contributed by atoms with Gasteiger partial charge in [0.1, 0.15) is 16.5 Å². The third-order valence-electron chi connectivity index (χ3n) is 2.54. The standard InChI is InChI=1S/C11H12F2N4O2S/c1-17-6-7(5-14)11(15-17)16-20(18,19)10-4-8(12)2-3-9(10)13/h2-4,6H,5,14H2,1H3,(H,15,16). The fourth-order valence-electron chi connectivity index (χ4n) is 1.64. The Morgan fingerprint density at radius 3 is 2.75 bits per heavy atom. The molecule has 0 aliphatic rings. The van der Waals surface area contributed by atoms with Crippen molar-refractivity contribution in [3.8, 4) is 0 Å². The minimum Gasteiger partial charge on any atom is -0.326 e. The molecule has 20 heavy (non-hydrogen) atoms. The van der Waals surface area contributed by atoms with Crippen molar-refractivity contribution >= 4 is 15.8 Å². The van der Waals surface area contributed by atoms with Gasteiger partial charge in [-0.1, -0.05) is 0 Å². The molecular weight excluding hydrogens is 290 g/mol. The lowest BCUT2D eigenvalue weighted by atomic mass is 10.3. The number of anilines is 1. The van der Waals surface area contributed by atoms with E-state index in [4.69, 9.17) is 5.73 Å². The van der Waals surface area contributed by atoms with E-state index < -0.39 is 26.6 Å². The molecule has 6 nitrogen and oxygen atoms in total. The maximum absolute atomic E-state index is 13.5. The molecule has 0 aliphatic heterocycles. The average molecular weight is 302 g/mol. The van der Waals surface area contributed by atoms with Crippen LogP contribution < -0.4 is 10.5 Å². The molecule has 1 aromatic carbocycles. The first kappa shape index (κ1) is 14.4. The van der Waals surface area contributed by atoms with Gasteiger partial charge in [-0.3, -0.25) is 9.40 Å². The van der Waals surface area contributed by atoms with Crippen LogP contribution in [0.3, 0.4) is 0 Å². The Kier molecular flexibility index (Phi) is 3.73. The van der Waals surface area contributed by atoms with Crippen LogP contribution in [-0.4, -0.2) is 18.2 Å². The van der Waals surface area contributed by atoms with E-state index in [1.807, 2.05) is 0 Å². The molecule has 1 aromatic heterocycles. The fourth-order valence-corrected chi connectivity index (χ4v) is 2.77. The van der Waals surface area contributed by atoms with Crippen LogP contribution in [0, 0.1) is 11.6 Å². The van der Waals surface area contributed by atoms with Gasteiger partial charge >= 0.3 is 0 Å². The molecule has 0 unspecified atom stereocenters. The molecule has 9 heteroatoms. The highest BCUT2D eigenvalue weighted by molar-refractivity contribution is 7.92. The van der Waals surface area contributed by atoms with Crippen molar-refractivity contribution < 1.29 is 17.2 Å². The summed E-state index contributed by atoms with van der Waals surface area (Å²) in [5.74, 6) is -1.92. The van der Waals surface area contributed by atoms with E-state index in [0.717, 1.165) is 12.1 Å². The smallest absolute Gasteiger partial charge is 0.266 e. The van der Waals surface area contributed by atoms with Crippen LogP contribution in [0.5, 0.6) is 0 Å². The monoisotopic (exact) mass is 302 g/mol. The summed E-state index contributed by atoms with van der Waals surface area (Å²) in [7, 11) is -2.70. The van der Waals surface area contributed by atoms with E-state index in [0.29, 0.717) is 11.6 Å². The molecule has 0 atom stereocenters. The second kappa shape index (κ2) is 5.17. The molecule has 0 bridgehead atoms. The molecule has 108 valence electrons. The van der Waals surface area contributed by atoms with E-state index in [2.05, 4.69) is 9.82 Å². The van der Waals surface area contributed by atoms with E-state index in [-0.39, 0.29) is 12.4 Å². The normalized spacial score (nSPS) is 11.6. The third kappa shape index (κ3) is 2.78. The van der Waals surface area contributed by atoms with Gasteiger partial charge in [-0.15, -0.1) is 0 Å². The number of nitrogens with zero attached hydrogens (tertiary/aromatic N) is 2. The quantitative estimate of drug-likeness (QED) is 0.880. The van der Waals surface area contributed by atoms with Crippen LogP contribution in [0.2, 0.25) is 0 Å². The number of hydrogen-bond acceptors (Lipinski definition) is 4. The minimum absolute atomic E-state index is 0.0151. The summed E-state index contributed by atoms with van der Waals surface area (Å²) in [6, 6.07) is 2.18. The molecule has 0 radical (unpaired) electrons. The molecule has 0 aliphatic carbocycles. The summed E-state index contributed by atoms with van der Waals surface area (Å²) < 4.78 is 54.1. The molecule has 0 fully saturated rings. The number of benzene rings is 1. The average Bonchev–Trinajstić information content (AvgIpc) is 2.71. The van der Waals surface area contributed by atoms with Crippen LogP contribution in [0.25, 0.3) is 0 Å². The Morgan fingerprint density at radius 1 is 1.40 bits per heavy atom. The number of aromatic nitrogens is 2. The van der Waals surface area contributed by atoms with Crippen molar-refractivity contribution in [2.24, 2.45) is 12.8 Å². The van der Waals surface area contributed by atoms with Gasteiger partial charge in [0.2, 0.25) is 0 Å². The summed E-state index contributed by atoms with van der Waals surface area (Å²) in [5.41, 5.74) is 5.89. The molecule has 1 heterocycles. The molecule has 0 amide bonds. The first-order chi connectivity index (χ1) is 9.33. The molecule has 0 spiro atoms. The predicted octanol–water partition coefficient (Wildman–Crippen LogP) is 0.958. The number of sulfonamides is 1. The van der Waals surface area contributed by atoms with Gasteiger partial charge in [-0.05, 0) is 18.2 Å². The van der Waals surface area contributed by atoms with E-state index >= 15 is 0 Å². The van der Waals surface area contributed by atoms with Crippen molar-refractivity contribution in [1.29, 1.82) is 0 Å². The zero-order valence-electron chi connectivity index (χ0n) is 10.5. The zero-order chi connectivity index (χ0) is 14.9. The van der Waals surface area contributed by atoms with E-state index in [1.54, 1.807) is 7.05 Å². The topological polar surface area (TPSA) is 90.0 Å². The van der Waals surface area contributed by atoms with Crippen molar-refractivity contribution in [2.75, 3.05) is 4.72 Å². The predicted molar refractivity (Wildman–Crippen MR) is 68.3 cm³/mol. The van der Waals surface area contributed by atoms with Crippen LogP contribution in [0.15, 0.2) is 29.3 Å². The Labute approximate surface area is 114 Å². The highest BCUT2D eigenvalue weighted by atomic mass is 32.2. The summed E-state index contributed by atoms with van der Waals surface area (Å²) in [6.07, 6.45) is 1.53. The summed E-state index contributed by atoms with van der Waals surface area (Å²) in [4.78, 5) is -0.786. The third-order valence-corrected chi connectivity index (χ3v) is 3.89. The van der Waals surface area contributed by atoms with Gasteiger partial charge in [-0.2, -0.15) is 5.10 Å². The highest BCUT2D eigenvalue weighted by Gasteiger charge is 2.22. The highest BCUT2D eigenvalue weighted by Crippen LogP contribution is 2.21. The first-order valence-electron chi connectivity index (χ1n) is 5.54. The molecule has 0 saturated carbocycles. The van der Waals surface area contributed by atoms with Gasteiger partial charge in [-0.25, -0.2) is 17.2 Å². The van der Waals surface area contributed by atoms with Crippen LogP contribution in [-0.2, 0) is 23.6 Å². The number of nitrogens with one attached hydrogen (secondary N) is 1. The van der Waals surface area contributed by atoms with Gasteiger partial charge in [0, 0.05) is 25.4 Å². The van der Waals surface area contributed by atoms with E-state index in [9.17, 15) is 17.2 Å². The van der Waals surface area contributed by atoms with Gasteiger partial charge in [0.25, 0.3) is 10.0 Å². The van der Waals surface area contributed by atoms with Crippen LogP contribution in [0.1, 0.15) is 5.56 Å². The second-order valence-electron chi connectivity index (χ2n) is 4.06. The SMILES string of the molecule is Cn1cc(CN)c(NS(=O)(=O)c2cc(F)ccc2F)n1. The van der Waals surface area contributed by atoms with Crippen molar-refractivity contribution in [1.82, 2.24) is 9.78 Å². The Morgan fingerprint density at radius 2 is 2.10 bits per heavy atom. The fraction of sp³-hybridized carbons (Fsp3) is 0.182. The Bertz CT molecular complexity index is 743. The minimum atomic E-state index is -4.28. The second-order valence-corrected chi connectivity index (χ2v) is 5.71. The maximum atomic E-state index is 13.5. The lowest BCUT2D eigenvalue weighted by Gasteiger charge is -2.08. The van der Waals surface area contributed by atoms with Crippen molar-refractivity contribution in [3.05, 3.63) is 41.6 Å². The summed E-state index contributed by atoms with van der Waals surface area (Å²) in [6.45, 7) is 0.0529. The van der Waals surface area contributed by atoms with Gasteiger partial charge in [0.05, 0.1) is 0 Å². The van der Waals surface area contributed by atoms with Gasteiger partial charge in [0.15, 0.2) is 5.82 Å². The van der Waals surface area contributed by atoms with Crippen LogP contribution >= 0.6 is 0 Å². The van der Waals surface area contributed by atoms with Crippen molar-refractivity contribution in [2.45, 2.75) is 11.4 Å². The Balaban J connectivity index is 2.43. The number of nitrogens with two attached hydrogens (primary N) is 1. The molecular formula is C11H12F2N4O2S. The summed E-state index contributed by atoms with van der Waals surface area (Å²) >= 11 is 0. The lowest BCUT2D eigenvalue weighted by molar-refractivity contribution is 0.555. The largest absolute Gasteiger partial charge is 0.326 e. The Hall–Kier alpha value is -2.00. The first-order valence-corrected chi connectivity index (χ1v) is 7.02. The lowest BCUT2D eigenvalue weighted by Crippen LogP contribution is -2.16. The zero-order valence-corrected chi connectivity index (χ0v) is 11.3. The number of halogens is 2. The molecule has 2 rings (SSSR count). The molecule has 0 saturated heterocycles. The maximum Gasteiger partial charge on any atom is 0.266 e. The van der Waals surface area contributed by atoms with Gasteiger partial charge < -0.3 is 5.73 Å². The number of hydrogen-bond donors (Lipinski definition) is 2.